The number of para-hydroxylation sites is 1. The van der Waals surface area contributed by atoms with E-state index in [0.29, 0.717) is 54.3 Å². The van der Waals surface area contributed by atoms with Crippen molar-refractivity contribution in [3.63, 3.8) is 0 Å². The molecule has 0 bridgehead atoms. The van der Waals surface area contributed by atoms with Gasteiger partial charge in [0.15, 0.2) is 16.3 Å². The summed E-state index contributed by atoms with van der Waals surface area (Å²) >= 11 is 13.6. The highest BCUT2D eigenvalue weighted by Gasteiger charge is 2.36. The Morgan fingerprint density at radius 1 is 1.19 bits per heavy atom. The minimum absolute atomic E-state index is 0.179. The Balaban J connectivity index is 2.03. The second-order valence-corrected chi connectivity index (χ2v) is 9.63. The lowest BCUT2D eigenvalue weighted by Crippen LogP contribution is -2.40. The SMILES string of the molecule is CCOC(=O)C1=C(C)N=c2sc(=Cc3ccc(Cl)cc3Cl)c(=O)n2C1c1cccc(OC)c1OCC. The molecule has 1 atom stereocenters. The Hall–Kier alpha value is -3.07. The molecule has 0 saturated heterocycles. The number of allylic oxidation sites excluding steroid dienone is 1. The van der Waals surface area contributed by atoms with Crippen LogP contribution in [0, 0.1) is 0 Å². The van der Waals surface area contributed by atoms with Crippen molar-refractivity contribution in [2.45, 2.75) is 26.8 Å². The van der Waals surface area contributed by atoms with Crippen LogP contribution in [0.2, 0.25) is 10.0 Å². The van der Waals surface area contributed by atoms with Crippen molar-refractivity contribution in [2.24, 2.45) is 4.99 Å². The fourth-order valence-electron chi connectivity index (χ4n) is 4.05. The second kappa shape index (κ2) is 10.9. The van der Waals surface area contributed by atoms with Gasteiger partial charge < -0.3 is 14.2 Å². The maximum atomic E-state index is 13.8. The van der Waals surface area contributed by atoms with Gasteiger partial charge in [-0.05, 0) is 50.6 Å². The number of halogens is 2. The molecule has 2 aromatic carbocycles. The number of ether oxygens (including phenoxy) is 3. The van der Waals surface area contributed by atoms with Crippen LogP contribution in [0.25, 0.3) is 6.08 Å². The van der Waals surface area contributed by atoms with Gasteiger partial charge in [0.2, 0.25) is 0 Å². The van der Waals surface area contributed by atoms with E-state index in [9.17, 15) is 9.59 Å². The molecule has 0 N–H and O–H groups in total. The summed E-state index contributed by atoms with van der Waals surface area (Å²) in [6.07, 6.45) is 1.69. The molecule has 1 aliphatic rings. The van der Waals surface area contributed by atoms with Crippen molar-refractivity contribution < 1.29 is 19.0 Å². The molecular weight excluding hydrogens is 523 g/mol. The smallest absolute Gasteiger partial charge is 0.338 e. The molecule has 1 aromatic heterocycles. The number of carbonyl (C=O) groups excluding carboxylic acids is 1. The third-order valence-corrected chi connectivity index (χ3v) is 7.12. The zero-order valence-corrected chi connectivity index (χ0v) is 22.5. The number of benzene rings is 2. The van der Waals surface area contributed by atoms with Crippen LogP contribution in [0.3, 0.4) is 0 Å². The molecule has 0 aliphatic carbocycles. The monoisotopic (exact) mass is 546 g/mol. The van der Waals surface area contributed by atoms with Crippen molar-refractivity contribution in [1.29, 1.82) is 0 Å². The maximum absolute atomic E-state index is 13.8. The number of hydrogen-bond donors (Lipinski definition) is 0. The normalized spacial score (nSPS) is 15.4. The van der Waals surface area contributed by atoms with E-state index in [1.54, 1.807) is 50.3 Å². The predicted octanol–water partition coefficient (Wildman–Crippen LogP) is 4.51. The first-order valence-electron chi connectivity index (χ1n) is 11.2. The number of aromatic nitrogens is 1. The summed E-state index contributed by atoms with van der Waals surface area (Å²) in [6.45, 7) is 5.85. The number of rotatable bonds is 7. The molecule has 2 heterocycles. The van der Waals surface area contributed by atoms with Gasteiger partial charge in [-0.25, -0.2) is 9.79 Å². The molecule has 1 aliphatic heterocycles. The fraction of sp³-hybridized carbons (Fsp3) is 0.269. The van der Waals surface area contributed by atoms with Crippen LogP contribution in [0.15, 0.2) is 57.5 Å². The van der Waals surface area contributed by atoms with Crippen LogP contribution >= 0.6 is 34.5 Å². The summed E-state index contributed by atoms with van der Waals surface area (Å²) in [4.78, 5) is 32.0. The van der Waals surface area contributed by atoms with Crippen LogP contribution in [-0.2, 0) is 9.53 Å². The number of hydrogen-bond acceptors (Lipinski definition) is 7. The molecule has 0 spiro atoms. The van der Waals surface area contributed by atoms with Crippen molar-refractivity contribution in [2.75, 3.05) is 20.3 Å². The van der Waals surface area contributed by atoms with E-state index in [1.165, 1.54) is 23.0 Å². The molecule has 7 nitrogen and oxygen atoms in total. The van der Waals surface area contributed by atoms with Gasteiger partial charge in [0.1, 0.15) is 6.04 Å². The maximum Gasteiger partial charge on any atom is 0.338 e. The third kappa shape index (κ3) is 4.81. The highest BCUT2D eigenvalue weighted by Crippen LogP contribution is 2.40. The molecule has 0 radical (unpaired) electrons. The molecule has 10 heteroatoms. The lowest BCUT2D eigenvalue weighted by molar-refractivity contribution is -0.139. The van der Waals surface area contributed by atoms with Crippen LogP contribution in [0.5, 0.6) is 11.5 Å². The van der Waals surface area contributed by atoms with Gasteiger partial charge in [-0.2, -0.15) is 0 Å². The summed E-state index contributed by atoms with van der Waals surface area (Å²) in [6, 6.07) is 9.59. The number of thiazole rings is 1. The average Bonchev–Trinajstić information content (AvgIpc) is 3.15. The second-order valence-electron chi connectivity index (χ2n) is 7.78. The molecule has 4 rings (SSSR count). The number of methoxy groups -OCH3 is 1. The summed E-state index contributed by atoms with van der Waals surface area (Å²) in [5.74, 6) is 0.380. The van der Waals surface area contributed by atoms with Crippen molar-refractivity contribution in [3.8, 4) is 11.5 Å². The summed E-state index contributed by atoms with van der Waals surface area (Å²) in [5, 5.41) is 0.912. The molecule has 36 heavy (non-hydrogen) atoms. The van der Waals surface area contributed by atoms with Crippen LogP contribution < -0.4 is 24.4 Å². The lowest BCUT2D eigenvalue weighted by Gasteiger charge is -2.26. The summed E-state index contributed by atoms with van der Waals surface area (Å²) in [5.41, 5.74) is 1.62. The van der Waals surface area contributed by atoms with Gasteiger partial charge in [0.25, 0.3) is 5.56 Å². The number of carbonyl (C=O) groups is 1. The Labute approximate surface area is 221 Å². The van der Waals surface area contributed by atoms with Gasteiger partial charge >= 0.3 is 5.97 Å². The molecule has 3 aromatic rings. The number of esters is 1. The molecular formula is C26H24Cl2N2O5S. The zero-order chi connectivity index (χ0) is 26.0. The van der Waals surface area contributed by atoms with Crippen LogP contribution in [-0.4, -0.2) is 30.9 Å². The topological polar surface area (TPSA) is 79.1 Å². The first-order chi connectivity index (χ1) is 17.3. The third-order valence-electron chi connectivity index (χ3n) is 5.58. The van der Waals surface area contributed by atoms with Crippen molar-refractivity contribution >= 4 is 46.6 Å². The van der Waals surface area contributed by atoms with Gasteiger partial charge in [-0.3, -0.25) is 9.36 Å². The van der Waals surface area contributed by atoms with Gasteiger partial charge in [0.05, 0.1) is 36.1 Å². The molecule has 1 unspecified atom stereocenters. The van der Waals surface area contributed by atoms with Crippen LogP contribution in [0.1, 0.15) is 37.9 Å². The quantitative estimate of drug-likeness (QED) is 0.407. The van der Waals surface area contributed by atoms with Gasteiger partial charge in [-0.1, -0.05) is 52.7 Å². The molecule has 0 saturated carbocycles. The van der Waals surface area contributed by atoms with E-state index in [0.717, 1.165) is 0 Å². The Kier molecular flexibility index (Phi) is 7.88. The average molecular weight is 547 g/mol. The first kappa shape index (κ1) is 26.0. The Morgan fingerprint density at radius 3 is 2.64 bits per heavy atom. The lowest BCUT2D eigenvalue weighted by atomic mass is 9.94. The predicted molar refractivity (Wildman–Crippen MR) is 141 cm³/mol. The number of fused-ring (bicyclic) bond motifs is 1. The zero-order valence-electron chi connectivity index (χ0n) is 20.1. The Morgan fingerprint density at radius 2 is 1.97 bits per heavy atom. The van der Waals surface area contributed by atoms with Crippen molar-refractivity contribution in [3.05, 3.63) is 88.5 Å². The van der Waals surface area contributed by atoms with Crippen molar-refractivity contribution in [1.82, 2.24) is 4.57 Å². The van der Waals surface area contributed by atoms with Crippen LogP contribution in [0.4, 0.5) is 0 Å². The number of nitrogens with zero attached hydrogens (tertiary/aromatic N) is 2. The van der Waals surface area contributed by atoms with Gasteiger partial charge in [0, 0.05) is 15.6 Å². The van der Waals surface area contributed by atoms with E-state index in [2.05, 4.69) is 4.99 Å². The molecule has 188 valence electrons. The summed E-state index contributed by atoms with van der Waals surface area (Å²) in [7, 11) is 1.54. The molecule has 0 amide bonds. The standard InChI is InChI=1S/C26H24Cl2N2O5S/c1-5-34-23-17(8-7-9-19(23)33-4)22-21(25(32)35-6-2)14(3)29-26-30(22)24(31)20(36-26)12-15-10-11-16(27)13-18(15)28/h7-13,22H,5-6H2,1-4H3. The minimum Gasteiger partial charge on any atom is -0.493 e. The first-order valence-corrected chi connectivity index (χ1v) is 12.8. The largest absolute Gasteiger partial charge is 0.493 e. The fourth-order valence-corrected chi connectivity index (χ4v) is 5.55. The minimum atomic E-state index is -0.834. The highest BCUT2D eigenvalue weighted by atomic mass is 35.5. The van der Waals surface area contributed by atoms with E-state index >= 15 is 0 Å². The highest BCUT2D eigenvalue weighted by molar-refractivity contribution is 7.07. The summed E-state index contributed by atoms with van der Waals surface area (Å²) < 4.78 is 18.7. The van der Waals surface area contributed by atoms with E-state index < -0.39 is 12.0 Å². The van der Waals surface area contributed by atoms with E-state index in [1.807, 2.05) is 13.0 Å². The van der Waals surface area contributed by atoms with E-state index in [-0.39, 0.29) is 17.7 Å². The van der Waals surface area contributed by atoms with E-state index in [4.69, 9.17) is 37.4 Å². The Bertz CT molecular complexity index is 1540. The van der Waals surface area contributed by atoms with Gasteiger partial charge in [-0.15, -0.1) is 0 Å². The molecule has 0 fully saturated rings.